The van der Waals surface area contributed by atoms with E-state index >= 15 is 0 Å². The number of likely N-dealkylation sites (tertiary alicyclic amines) is 1. The number of hydrogen-bond donors (Lipinski definition) is 1. The van der Waals surface area contributed by atoms with Crippen molar-refractivity contribution in [1.82, 2.24) is 4.90 Å². The fourth-order valence-corrected chi connectivity index (χ4v) is 2.85. The van der Waals surface area contributed by atoms with Crippen LogP contribution in [0.2, 0.25) is 0 Å². The summed E-state index contributed by atoms with van der Waals surface area (Å²) in [6.45, 7) is 6.93. The van der Waals surface area contributed by atoms with Gasteiger partial charge in [0, 0.05) is 24.1 Å². The van der Waals surface area contributed by atoms with Gasteiger partial charge in [-0.1, -0.05) is 39.0 Å². The number of aliphatic hydroxyl groups is 1. The summed E-state index contributed by atoms with van der Waals surface area (Å²) in [5.74, 6) is 0.847. The van der Waals surface area contributed by atoms with Crippen LogP contribution in [0.4, 0.5) is 0 Å². The Kier molecular flexibility index (Phi) is 4.28. The Morgan fingerprint density at radius 2 is 1.81 bits per heavy atom. The average molecular weight is 291 g/mol. The van der Waals surface area contributed by atoms with Gasteiger partial charge in [0.2, 0.25) is 5.91 Å². The molecule has 2 rings (SSSR count). The van der Waals surface area contributed by atoms with Crippen molar-refractivity contribution in [2.45, 2.75) is 39.2 Å². The molecule has 0 bridgehead atoms. The van der Waals surface area contributed by atoms with E-state index in [4.69, 9.17) is 4.74 Å². The monoisotopic (exact) mass is 291 g/mol. The van der Waals surface area contributed by atoms with Gasteiger partial charge in [0.1, 0.15) is 5.75 Å². The highest BCUT2D eigenvalue weighted by Gasteiger charge is 2.39. The van der Waals surface area contributed by atoms with Crippen LogP contribution in [0, 0.1) is 5.41 Å². The lowest BCUT2D eigenvalue weighted by atomic mass is 9.83. The molecule has 0 saturated carbocycles. The Morgan fingerprint density at radius 3 is 2.33 bits per heavy atom. The molecule has 1 heterocycles. The standard InChI is InChI=1S/C17H25NO3/c1-16(2,3)15(19)18-11-9-17(20,10-12-18)13-7-5-6-8-14(13)21-4/h5-8,20H,9-12H2,1-4H3. The molecule has 1 aliphatic rings. The molecule has 0 spiro atoms. The number of amides is 1. The Hall–Kier alpha value is -1.55. The fraction of sp³-hybridized carbons (Fsp3) is 0.588. The molecule has 0 aromatic heterocycles. The first-order valence-electron chi connectivity index (χ1n) is 7.43. The van der Waals surface area contributed by atoms with E-state index in [0.717, 1.165) is 5.56 Å². The Balaban J connectivity index is 2.14. The van der Waals surface area contributed by atoms with Crippen LogP contribution < -0.4 is 4.74 Å². The predicted molar refractivity (Wildman–Crippen MR) is 82.2 cm³/mol. The van der Waals surface area contributed by atoms with Crippen LogP contribution in [-0.2, 0) is 10.4 Å². The molecular formula is C17H25NO3. The molecule has 1 aliphatic heterocycles. The zero-order valence-electron chi connectivity index (χ0n) is 13.3. The van der Waals surface area contributed by atoms with Crippen molar-refractivity contribution < 1.29 is 14.6 Å². The average Bonchev–Trinajstić information content (AvgIpc) is 2.46. The van der Waals surface area contributed by atoms with Gasteiger partial charge in [-0.15, -0.1) is 0 Å². The van der Waals surface area contributed by atoms with Crippen LogP contribution >= 0.6 is 0 Å². The maximum Gasteiger partial charge on any atom is 0.227 e. The molecular weight excluding hydrogens is 266 g/mol. The topological polar surface area (TPSA) is 49.8 Å². The highest BCUT2D eigenvalue weighted by molar-refractivity contribution is 5.81. The molecule has 0 radical (unpaired) electrons. The molecule has 1 saturated heterocycles. The molecule has 0 unspecified atom stereocenters. The van der Waals surface area contributed by atoms with Crippen molar-refractivity contribution in [3.8, 4) is 5.75 Å². The Bertz CT molecular complexity index is 511. The number of hydrogen-bond acceptors (Lipinski definition) is 3. The second kappa shape index (κ2) is 5.68. The number of methoxy groups -OCH3 is 1. The fourth-order valence-electron chi connectivity index (χ4n) is 2.85. The van der Waals surface area contributed by atoms with Crippen molar-refractivity contribution in [3.63, 3.8) is 0 Å². The lowest BCUT2D eigenvalue weighted by Gasteiger charge is -2.41. The minimum Gasteiger partial charge on any atom is -0.496 e. The van der Waals surface area contributed by atoms with E-state index in [2.05, 4.69) is 0 Å². The highest BCUT2D eigenvalue weighted by atomic mass is 16.5. The van der Waals surface area contributed by atoms with E-state index in [1.807, 2.05) is 49.9 Å². The van der Waals surface area contributed by atoms with Crippen LogP contribution in [0.1, 0.15) is 39.2 Å². The van der Waals surface area contributed by atoms with Gasteiger partial charge in [0.15, 0.2) is 0 Å². The molecule has 1 aromatic carbocycles. The first-order valence-corrected chi connectivity index (χ1v) is 7.43. The number of benzene rings is 1. The van der Waals surface area contributed by atoms with Crippen LogP contribution in [-0.4, -0.2) is 36.1 Å². The molecule has 21 heavy (non-hydrogen) atoms. The second-order valence-corrected chi connectivity index (χ2v) is 6.77. The maximum atomic E-state index is 12.3. The lowest BCUT2D eigenvalue weighted by molar-refractivity contribution is -0.144. The minimum absolute atomic E-state index is 0.143. The third-order valence-corrected chi connectivity index (χ3v) is 4.13. The van der Waals surface area contributed by atoms with Gasteiger partial charge in [-0.2, -0.15) is 0 Å². The minimum atomic E-state index is -0.915. The number of carbonyl (C=O) groups excluding carboxylic acids is 1. The molecule has 116 valence electrons. The summed E-state index contributed by atoms with van der Waals surface area (Å²) in [4.78, 5) is 14.2. The summed E-state index contributed by atoms with van der Waals surface area (Å²) in [6, 6.07) is 7.56. The van der Waals surface area contributed by atoms with Gasteiger partial charge in [-0.3, -0.25) is 4.79 Å². The quantitative estimate of drug-likeness (QED) is 0.911. The zero-order chi connectivity index (χ0) is 15.7. The summed E-state index contributed by atoms with van der Waals surface area (Å²) in [7, 11) is 1.61. The van der Waals surface area contributed by atoms with Gasteiger partial charge >= 0.3 is 0 Å². The van der Waals surface area contributed by atoms with Crippen LogP contribution in [0.25, 0.3) is 0 Å². The van der Waals surface area contributed by atoms with E-state index in [9.17, 15) is 9.90 Å². The number of ether oxygens (including phenoxy) is 1. The summed E-state index contributed by atoms with van der Waals surface area (Å²) in [5.41, 5.74) is -0.475. The zero-order valence-corrected chi connectivity index (χ0v) is 13.3. The van der Waals surface area contributed by atoms with Gasteiger partial charge < -0.3 is 14.7 Å². The summed E-state index contributed by atoms with van der Waals surface area (Å²) < 4.78 is 5.35. The maximum absolute atomic E-state index is 12.3. The van der Waals surface area contributed by atoms with Gasteiger partial charge in [0.05, 0.1) is 12.7 Å². The molecule has 1 amide bonds. The summed E-state index contributed by atoms with van der Waals surface area (Å²) in [6.07, 6.45) is 1.07. The Morgan fingerprint density at radius 1 is 1.24 bits per heavy atom. The Labute approximate surface area is 126 Å². The van der Waals surface area contributed by atoms with E-state index in [-0.39, 0.29) is 11.3 Å². The van der Waals surface area contributed by atoms with Crippen molar-refractivity contribution in [1.29, 1.82) is 0 Å². The number of piperidine rings is 1. The highest BCUT2D eigenvalue weighted by Crippen LogP contribution is 2.38. The smallest absolute Gasteiger partial charge is 0.227 e. The third-order valence-electron chi connectivity index (χ3n) is 4.13. The number of nitrogens with zero attached hydrogens (tertiary/aromatic N) is 1. The molecule has 0 atom stereocenters. The number of rotatable bonds is 2. The first kappa shape index (κ1) is 15.8. The van der Waals surface area contributed by atoms with E-state index < -0.39 is 5.60 Å². The molecule has 4 nitrogen and oxygen atoms in total. The van der Waals surface area contributed by atoms with Crippen molar-refractivity contribution in [2.24, 2.45) is 5.41 Å². The summed E-state index contributed by atoms with van der Waals surface area (Å²) in [5, 5.41) is 10.9. The lowest BCUT2D eigenvalue weighted by Crippen LogP contribution is -2.48. The predicted octanol–water partition coefficient (Wildman–Crippen LogP) is 2.55. The first-order chi connectivity index (χ1) is 9.78. The molecule has 1 aromatic rings. The third kappa shape index (κ3) is 3.21. The van der Waals surface area contributed by atoms with Gasteiger partial charge in [-0.05, 0) is 18.9 Å². The molecule has 1 N–H and O–H groups in total. The normalized spacial score (nSPS) is 18.4. The van der Waals surface area contributed by atoms with E-state index in [1.165, 1.54) is 0 Å². The largest absolute Gasteiger partial charge is 0.496 e. The molecule has 4 heteroatoms. The van der Waals surface area contributed by atoms with Gasteiger partial charge in [0.25, 0.3) is 0 Å². The van der Waals surface area contributed by atoms with Crippen LogP contribution in [0.3, 0.4) is 0 Å². The second-order valence-electron chi connectivity index (χ2n) is 6.77. The van der Waals surface area contributed by atoms with Crippen molar-refractivity contribution >= 4 is 5.91 Å². The van der Waals surface area contributed by atoms with Crippen molar-refractivity contribution in [2.75, 3.05) is 20.2 Å². The van der Waals surface area contributed by atoms with Crippen LogP contribution in [0.15, 0.2) is 24.3 Å². The summed E-state index contributed by atoms with van der Waals surface area (Å²) >= 11 is 0. The van der Waals surface area contributed by atoms with Crippen molar-refractivity contribution in [3.05, 3.63) is 29.8 Å². The number of para-hydroxylation sites is 1. The SMILES string of the molecule is COc1ccccc1C1(O)CCN(C(=O)C(C)(C)C)CC1. The molecule has 0 aliphatic carbocycles. The van der Waals surface area contributed by atoms with Gasteiger partial charge in [-0.25, -0.2) is 0 Å². The van der Waals surface area contributed by atoms with E-state index in [1.54, 1.807) is 7.11 Å². The number of carbonyl (C=O) groups is 1. The van der Waals surface area contributed by atoms with E-state index in [0.29, 0.717) is 31.7 Å². The van der Waals surface area contributed by atoms with Crippen LogP contribution in [0.5, 0.6) is 5.75 Å². The molecule has 1 fully saturated rings.